The fourth-order valence-corrected chi connectivity index (χ4v) is 9.73. The van der Waals surface area contributed by atoms with Crippen molar-refractivity contribution in [3.8, 4) is 17.1 Å². The molecule has 5 amide bonds. The lowest BCUT2D eigenvalue weighted by Crippen LogP contribution is -2.52. The van der Waals surface area contributed by atoms with Gasteiger partial charge in [-0.25, -0.2) is 4.98 Å². The molecule has 3 aliphatic heterocycles. The Morgan fingerprint density at radius 3 is 2.19 bits per heavy atom. The summed E-state index contributed by atoms with van der Waals surface area (Å²) in [5.74, 6) is 0.839. The number of ether oxygens (including phenoxy) is 4. The lowest BCUT2D eigenvalue weighted by Gasteiger charge is -2.40. The van der Waals surface area contributed by atoms with Crippen molar-refractivity contribution in [2.24, 2.45) is 0 Å². The highest BCUT2D eigenvalue weighted by Gasteiger charge is 2.41. The number of benzene rings is 3. The van der Waals surface area contributed by atoms with Gasteiger partial charge in [-0.1, -0.05) is 37.1 Å². The standard InChI is InChI=1S/C57H72N10O9.ClH/c1-40(59-53(70)43-12-10-13-44(38-43)63-57(25-29-66(2)30-26-57)56-62-52(64-65-56)42-23-27-58-28-24-42)41-17-19-45(20-18-41)76-33-9-4-3-7-31-73-34-36-75-37-35-74-32-8-5-6-16-50(68)60-48-15-11-14-46-47(48)39-67(55(46)72)49-21-22-51(69)61-54(49)71;/h10-15,17-20,23-24,27-28,38,40,49,63H,3-9,16,21-22,25-26,29-37,39H2,1-2H3,(H,59,70)(H,60,68)(H,61,69,71)(H,62,64,65);1H. The molecule has 2 unspecified atom stereocenters. The van der Waals surface area contributed by atoms with Gasteiger partial charge < -0.3 is 44.7 Å². The molecule has 20 heteroatoms. The number of carbonyl (C=O) groups excluding carboxylic acids is 5. The van der Waals surface area contributed by atoms with Crippen molar-refractivity contribution in [2.75, 3.05) is 77.0 Å². The maximum absolute atomic E-state index is 13.5. The summed E-state index contributed by atoms with van der Waals surface area (Å²) in [6, 6.07) is 23.6. The van der Waals surface area contributed by atoms with Crippen LogP contribution in [-0.4, -0.2) is 132 Å². The minimum atomic E-state index is -0.705. The third kappa shape index (κ3) is 16.4. The molecule has 3 aromatic carbocycles. The highest BCUT2D eigenvalue weighted by Crippen LogP contribution is 2.36. The monoisotopic (exact) mass is 1080 g/mol. The van der Waals surface area contributed by atoms with Crippen molar-refractivity contribution in [3.63, 3.8) is 0 Å². The lowest BCUT2D eigenvalue weighted by molar-refractivity contribution is -0.137. The molecule has 2 saturated heterocycles. The number of likely N-dealkylation sites (tertiary alicyclic amines) is 1. The van der Waals surface area contributed by atoms with Crippen LogP contribution in [0.15, 0.2) is 91.3 Å². The number of amides is 5. The van der Waals surface area contributed by atoms with Gasteiger partial charge >= 0.3 is 0 Å². The molecule has 2 aromatic heterocycles. The van der Waals surface area contributed by atoms with E-state index in [4.69, 9.17) is 23.9 Å². The molecule has 0 bridgehead atoms. The van der Waals surface area contributed by atoms with E-state index in [2.05, 4.69) is 48.4 Å². The maximum atomic E-state index is 13.5. The summed E-state index contributed by atoms with van der Waals surface area (Å²) in [6.07, 6.45) is 12.3. The smallest absolute Gasteiger partial charge is 0.255 e. The molecular formula is C57H73ClN10O9. The Hall–Kier alpha value is -6.77. The Kier molecular flexibility index (Phi) is 21.9. The van der Waals surface area contributed by atoms with Gasteiger partial charge in [-0.3, -0.25) is 39.4 Å². The largest absolute Gasteiger partial charge is 0.494 e. The number of carbonyl (C=O) groups is 5. The van der Waals surface area contributed by atoms with Gasteiger partial charge in [0.25, 0.3) is 11.8 Å². The van der Waals surface area contributed by atoms with Gasteiger partial charge in [-0.05, 0) is 125 Å². The van der Waals surface area contributed by atoms with Gasteiger partial charge in [0.1, 0.15) is 11.8 Å². The summed E-state index contributed by atoms with van der Waals surface area (Å²) in [5, 5.41) is 19.9. The van der Waals surface area contributed by atoms with Crippen LogP contribution in [0.5, 0.6) is 5.75 Å². The van der Waals surface area contributed by atoms with Crippen molar-refractivity contribution in [1.29, 1.82) is 0 Å². The maximum Gasteiger partial charge on any atom is 0.255 e. The van der Waals surface area contributed by atoms with Crippen molar-refractivity contribution >= 4 is 53.3 Å². The molecule has 19 nitrogen and oxygen atoms in total. The second-order valence-electron chi connectivity index (χ2n) is 19.8. The second kappa shape index (κ2) is 29.1. The molecule has 5 aromatic rings. The second-order valence-corrected chi connectivity index (χ2v) is 19.8. The molecule has 77 heavy (non-hydrogen) atoms. The number of hydrogen-bond donors (Lipinski definition) is 5. The van der Waals surface area contributed by atoms with Crippen LogP contribution in [0.2, 0.25) is 0 Å². The number of hydrogen-bond acceptors (Lipinski definition) is 14. The number of piperidine rings is 2. The van der Waals surface area contributed by atoms with Crippen molar-refractivity contribution < 1.29 is 42.9 Å². The van der Waals surface area contributed by atoms with E-state index in [1.54, 1.807) is 30.6 Å². The van der Waals surface area contributed by atoms with E-state index < -0.39 is 17.5 Å². The highest BCUT2D eigenvalue weighted by atomic mass is 35.5. The number of H-pyrrole nitrogens is 1. The molecule has 5 N–H and O–H groups in total. The Balaban J connectivity index is 0.00000861. The average molecular weight is 1080 g/mol. The third-order valence-corrected chi connectivity index (χ3v) is 14.2. The number of unbranched alkanes of at least 4 members (excludes halogenated alkanes) is 5. The number of nitrogens with zero attached hydrogens (tertiary/aromatic N) is 5. The van der Waals surface area contributed by atoms with Gasteiger partial charge in [0.2, 0.25) is 17.7 Å². The van der Waals surface area contributed by atoms with E-state index >= 15 is 0 Å². The zero-order chi connectivity index (χ0) is 53.1. The van der Waals surface area contributed by atoms with Crippen LogP contribution < -0.4 is 26.0 Å². The molecule has 2 atom stereocenters. The van der Waals surface area contributed by atoms with E-state index in [0.29, 0.717) is 87.3 Å². The first-order chi connectivity index (χ1) is 37.0. The summed E-state index contributed by atoms with van der Waals surface area (Å²) in [5.41, 5.74) is 4.54. The molecular weight excluding hydrogens is 1000 g/mol. The van der Waals surface area contributed by atoms with E-state index in [0.717, 1.165) is 92.8 Å². The molecule has 3 aliphatic rings. The number of fused-ring (bicyclic) bond motifs is 1. The van der Waals surface area contributed by atoms with Gasteiger partial charge in [0.15, 0.2) is 11.6 Å². The third-order valence-electron chi connectivity index (χ3n) is 14.2. The molecule has 0 radical (unpaired) electrons. The summed E-state index contributed by atoms with van der Waals surface area (Å²) < 4.78 is 23.1. The molecule has 8 rings (SSSR count). The van der Waals surface area contributed by atoms with Crippen LogP contribution in [0.1, 0.15) is 128 Å². The number of rotatable bonds is 29. The molecule has 0 aliphatic carbocycles. The fourth-order valence-electron chi connectivity index (χ4n) is 9.73. The molecule has 2 fully saturated rings. The van der Waals surface area contributed by atoms with Crippen LogP contribution in [0.4, 0.5) is 11.4 Å². The first kappa shape index (κ1) is 57.9. The Morgan fingerprint density at radius 2 is 1.48 bits per heavy atom. The molecule has 0 saturated carbocycles. The normalized spacial score (nSPS) is 16.5. The summed E-state index contributed by atoms with van der Waals surface area (Å²) >= 11 is 0. The minimum Gasteiger partial charge on any atom is -0.494 e. The van der Waals surface area contributed by atoms with Crippen LogP contribution in [0.25, 0.3) is 11.4 Å². The first-order valence-electron chi connectivity index (χ1n) is 26.8. The number of aromatic nitrogens is 4. The Bertz CT molecular complexity index is 2720. The van der Waals surface area contributed by atoms with Gasteiger partial charge in [-0.15, -0.1) is 12.4 Å². The molecule has 5 heterocycles. The summed E-state index contributed by atoms with van der Waals surface area (Å²) in [6.45, 7) is 7.89. The SMILES string of the molecule is CC(NC(=O)c1cccc(NC2(c3nc(-c4ccncc4)n[nH]3)CCN(C)CC2)c1)c1ccc(OCCCCCCOCCOCCOCCCCCC(=O)Nc2cccc3c2CN(C2CCC(=O)NC2=O)C3=O)cc1.Cl. The predicted octanol–water partition coefficient (Wildman–Crippen LogP) is 7.76. The van der Waals surface area contributed by atoms with E-state index in [9.17, 15) is 24.0 Å². The van der Waals surface area contributed by atoms with Crippen molar-refractivity contribution in [1.82, 2.24) is 40.6 Å². The van der Waals surface area contributed by atoms with Gasteiger partial charge in [0.05, 0.1) is 44.6 Å². The number of aromatic amines is 1. The molecule has 0 spiro atoms. The zero-order valence-electron chi connectivity index (χ0n) is 44.2. The molecule has 412 valence electrons. The number of imide groups is 1. The predicted molar refractivity (Wildman–Crippen MR) is 294 cm³/mol. The number of halogens is 1. The van der Waals surface area contributed by atoms with Crippen molar-refractivity contribution in [2.45, 2.75) is 108 Å². The quantitative estimate of drug-likeness (QED) is 0.0228. The zero-order valence-corrected chi connectivity index (χ0v) is 45.0. The lowest BCUT2D eigenvalue weighted by atomic mass is 9.86. The van der Waals surface area contributed by atoms with E-state index in [1.807, 2.05) is 67.6 Å². The Morgan fingerprint density at radius 1 is 0.805 bits per heavy atom. The highest BCUT2D eigenvalue weighted by molar-refractivity contribution is 6.07. The summed E-state index contributed by atoms with van der Waals surface area (Å²) in [7, 11) is 2.12. The fraction of sp³-hybridized carbons (Fsp3) is 0.474. The average Bonchev–Trinajstić information content (AvgIpc) is 4.07. The number of pyridine rings is 1. The van der Waals surface area contributed by atoms with Crippen LogP contribution in [0, 0.1) is 0 Å². The van der Waals surface area contributed by atoms with E-state index in [1.165, 1.54) is 4.90 Å². The van der Waals surface area contributed by atoms with Crippen LogP contribution in [-0.2, 0) is 40.7 Å². The topological polar surface area (TPSA) is 231 Å². The number of anilines is 2. The van der Waals surface area contributed by atoms with Crippen molar-refractivity contribution in [3.05, 3.63) is 119 Å². The number of nitrogens with one attached hydrogen (secondary N) is 5. The summed E-state index contributed by atoms with van der Waals surface area (Å²) in [4.78, 5) is 76.1. The van der Waals surface area contributed by atoms with Crippen LogP contribution in [0.3, 0.4) is 0 Å². The van der Waals surface area contributed by atoms with Crippen LogP contribution >= 0.6 is 12.4 Å². The van der Waals surface area contributed by atoms with E-state index in [-0.39, 0.29) is 61.5 Å². The minimum absolute atomic E-state index is 0. The van der Waals surface area contributed by atoms with Gasteiger partial charge in [0, 0.05) is 91.7 Å². The first-order valence-corrected chi connectivity index (χ1v) is 26.8. The van der Waals surface area contributed by atoms with Gasteiger partial charge in [-0.2, -0.15) is 5.10 Å². The Labute approximate surface area is 456 Å².